The van der Waals surface area contributed by atoms with Crippen molar-refractivity contribution in [1.82, 2.24) is 30.2 Å². The number of likely N-dealkylation sites (N-methyl/N-ethyl adjacent to an activating group) is 1. The molecule has 5 rings (SSSR count). The summed E-state index contributed by atoms with van der Waals surface area (Å²) in [5, 5.41) is 13.6. The van der Waals surface area contributed by atoms with Gasteiger partial charge in [-0.1, -0.05) is 47.7 Å². The van der Waals surface area contributed by atoms with Gasteiger partial charge in [0.15, 0.2) is 0 Å². The zero-order chi connectivity index (χ0) is 28.3. The molecule has 1 unspecified atom stereocenters. The standard InChI is InChI=1S/C30H27F3N6O/c1-38(2)18-27(21-7-5-8-25(15-21)30(31,32)33)35-29(40)26-9-4-3-6-24(26)17-39-19-28(36-37-39)22-10-11-23-16-34-13-12-20(23)14-22/h3-16,19,27H,17-18H2,1-2H3,(H,35,40). The molecule has 3 aromatic carbocycles. The molecule has 0 radical (unpaired) electrons. The highest BCUT2D eigenvalue weighted by molar-refractivity contribution is 5.96. The van der Waals surface area contributed by atoms with Crippen LogP contribution >= 0.6 is 0 Å². The summed E-state index contributed by atoms with van der Waals surface area (Å²) in [4.78, 5) is 19.4. The first kappa shape index (κ1) is 27.0. The SMILES string of the molecule is CN(C)CC(NC(=O)c1ccccc1Cn1cc(-c2ccc3cnccc3c2)nn1)c1cccc(C(F)(F)F)c1. The van der Waals surface area contributed by atoms with Crippen molar-refractivity contribution < 1.29 is 18.0 Å². The predicted molar refractivity (Wildman–Crippen MR) is 147 cm³/mol. The van der Waals surface area contributed by atoms with Crippen molar-refractivity contribution in [1.29, 1.82) is 0 Å². The van der Waals surface area contributed by atoms with Gasteiger partial charge in [-0.2, -0.15) is 13.2 Å². The largest absolute Gasteiger partial charge is 0.416 e. The number of benzene rings is 3. The van der Waals surface area contributed by atoms with Crippen LogP contribution in [0.5, 0.6) is 0 Å². The van der Waals surface area contributed by atoms with Crippen LogP contribution in [0.25, 0.3) is 22.0 Å². The molecule has 0 aliphatic heterocycles. The number of rotatable bonds is 8. The monoisotopic (exact) mass is 544 g/mol. The molecule has 1 N–H and O–H groups in total. The minimum absolute atomic E-state index is 0.288. The van der Waals surface area contributed by atoms with Crippen LogP contribution in [0, 0.1) is 0 Å². The zero-order valence-corrected chi connectivity index (χ0v) is 21.9. The highest BCUT2D eigenvalue weighted by atomic mass is 19.4. The number of halogens is 3. The van der Waals surface area contributed by atoms with E-state index in [0.717, 1.165) is 28.5 Å². The average Bonchev–Trinajstić information content (AvgIpc) is 3.40. The third-order valence-corrected chi connectivity index (χ3v) is 6.54. The van der Waals surface area contributed by atoms with Gasteiger partial charge in [-0.25, -0.2) is 4.68 Å². The number of hydrogen-bond acceptors (Lipinski definition) is 5. The summed E-state index contributed by atoms with van der Waals surface area (Å²) in [5.41, 5.74) is 2.33. The lowest BCUT2D eigenvalue weighted by molar-refractivity contribution is -0.137. The van der Waals surface area contributed by atoms with Gasteiger partial charge >= 0.3 is 6.18 Å². The summed E-state index contributed by atoms with van der Waals surface area (Å²) >= 11 is 0. The smallest absolute Gasteiger partial charge is 0.344 e. The van der Waals surface area contributed by atoms with E-state index in [0.29, 0.717) is 28.9 Å². The Morgan fingerprint density at radius 2 is 1.82 bits per heavy atom. The number of alkyl halides is 3. The number of amides is 1. The Morgan fingerprint density at radius 1 is 1.00 bits per heavy atom. The van der Waals surface area contributed by atoms with Gasteiger partial charge in [-0.3, -0.25) is 9.78 Å². The van der Waals surface area contributed by atoms with Gasteiger partial charge in [0.25, 0.3) is 5.91 Å². The van der Waals surface area contributed by atoms with Crippen LogP contribution in [-0.2, 0) is 12.7 Å². The molecule has 0 saturated carbocycles. The molecule has 0 fully saturated rings. The minimum atomic E-state index is -4.48. The third kappa shape index (κ3) is 6.18. The Labute approximate surface area is 229 Å². The fourth-order valence-corrected chi connectivity index (χ4v) is 4.57. The predicted octanol–water partition coefficient (Wildman–Crippen LogP) is 5.59. The maximum atomic E-state index is 13.5. The number of pyridine rings is 1. The fourth-order valence-electron chi connectivity index (χ4n) is 4.57. The Bertz CT molecular complexity index is 1650. The van der Waals surface area contributed by atoms with Crippen LogP contribution in [0.1, 0.15) is 33.1 Å². The van der Waals surface area contributed by atoms with Gasteiger partial charge in [0, 0.05) is 35.5 Å². The lowest BCUT2D eigenvalue weighted by atomic mass is 10.0. The van der Waals surface area contributed by atoms with E-state index < -0.39 is 17.8 Å². The van der Waals surface area contributed by atoms with Crippen LogP contribution in [-0.4, -0.2) is 51.4 Å². The first-order chi connectivity index (χ1) is 19.2. The van der Waals surface area contributed by atoms with Crippen LogP contribution in [0.15, 0.2) is 91.4 Å². The molecule has 5 aromatic rings. The van der Waals surface area contributed by atoms with E-state index >= 15 is 0 Å². The molecule has 2 aromatic heterocycles. The lowest BCUT2D eigenvalue weighted by Crippen LogP contribution is -2.36. The van der Waals surface area contributed by atoms with E-state index in [1.54, 1.807) is 49.4 Å². The van der Waals surface area contributed by atoms with Crippen molar-refractivity contribution >= 4 is 16.7 Å². The first-order valence-electron chi connectivity index (χ1n) is 12.6. The molecular formula is C30H27F3N6O. The summed E-state index contributed by atoms with van der Waals surface area (Å²) in [6, 6.07) is 19.4. The summed E-state index contributed by atoms with van der Waals surface area (Å²) in [7, 11) is 3.60. The van der Waals surface area contributed by atoms with E-state index in [1.165, 1.54) is 6.07 Å². The Kier molecular flexibility index (Phi) is 7.61. The van der Waals surface area contributed by atoms with Gasteiger partial charge in [-0.15, -0.1) is 5.10 Å². The highest BCUT2D eigenvalue weighted by Gasteiger charge is 2.31. The summed E-state index contributed by atoms with van der Waals surface area (Å²) in [6.45, 7) is 0.611. The lowest BCUT2D eigenvalue weighted by Gasteiger charge is -2.24. The number of hydrogen-bond donors (Lipinski definition) is 1. The maximum Gasteiger partial charge on any atom is 0.416 e. The van der Waals surface area contributed by atoms with E-state index in [-0.39, 0.29) is 12.5 Å². The molecule has 0 spiro atoms. The van der Waals surface area contributed by atoms with Crippen LogP contribution < -0.4 is 5.32 Å². The second-order valence-electron chi connectivity index (χ2n) is 9.81. The minimum Gasteiger partial charge on any atom is -0.344 e. The number of fused-ring (bicyclic) bond motifs is 1. The van der Waals surface area contributed by atoms with E-state index in [4.69, 9.17) is 0 Å². The first-order valence-corrected chi connectivity index (χ1v) is 12.6. The molecule has 40 heavy (non-hydrogen) atoms. The Morgan fingerprint density at radius 3 is 2.62 bits per heavy atom. The van der Waals surface area contributed by atoms with Gasteiger partial charge in [0.2, 0.25) is 0 Å². The van der Waals surface area contributed by atoms with Crippen molar-refractivity contribution in [2.24, 2.45) is 0 Å². The van der Waals surface area contributed by atoms with Gasteiger partial charge in [0.05, 0.1) is 24.3 Å². The Hall–Kier alpha value is -4.57. The number of carbonyl (C=O) groups excluding carboxylic acids is 1. The zero-order valence-electron chi connectivity index (χ0n) is 21.9. The Balaban J connectivity index is 1.37. The van der Waals surface area contributed by atoms with Crippen LogP contribution in [0.3, 0.4) is 0 Å². The normalized spacial score (nSPS) is 12.6. The van der Waals surface area contributed by atoms with Crippen molar-refractivity contribution in [3.63, 3.8) is 0 Å². The molecule has 0 bridgehead atoms. The molecule has 204 valence electrons. The van der Waals surface area contributed by atoms with Crippen molar-refractivity contribution in [2.45, 2.75) is 18.8 Å². The molecule has 2 heterocycles. The van der Waals surface area contributed by atoms with E-state index in [2.05, 4.69) is 20.6 Å². The molecule has 1 amide bonds. The van der Waals surface area contributed by atoms with Crippen LogP contribution in [0.2, 0.25) is 0 Å². The fraction of sp³-hybridized carbons (Fsp3) is 0.200. The molecule has 0 saturated heterocycles. The molecule has 10 heteroatoms. The average molecular weight is 545 g/mol. The third-order valence-electron chi connectivity index (χ3n) is 6.54. The molecule has 0 aliphatic rings. The van der Waals surface area contributed by atoms with Gasteiger partial charge in [-0.05, 0) is 60.9 Å². The van der Waals surface area contributed by atoms with Crippen molar-refractivity contribution in [3.8, 4) is 11.3 Å². The molecular weight excluding hydrogens is 517 g/mol. The van der Waals surface area contributed by atoms with E-state index in [1.807, 2.05) is 47.5 Å². The molecule has 0 aliphatic carbocycles. The van der Waals surface area contributed by atoms with E-state index in [9.17, 15) is 18.0 Å². The van der Waals surface area contributed by atoms with Crippen molar-refractivity contribution in [3.05, 3.63) is 114 Å². The maximum absolute atomic E-state index is 13.5. The summed E-state index contributed by atoms with van der Waals surface area (Å²) in [6.07, 6.45) is 0.875. The summed E-state index contributed by atoms with van der Waals surface area (Å²) < 4.78 is 41.7. The molecule has 7 nitrogen and oxygen atoms in total. The molecule has 1 atom stereocenters. The highest BCUT2D eigenvalue weighted by Crippen LogP contribution is 2.31. The van der Waals surface area contributed by atoms with Gasteiger partial charge < -0.3 is 10.2 Å². The number of aromatic nitrogens is 4. The summed E-state index contributed by atoms with van der Waals surface area (Å²) in [5.74, 6) is -0.386. The topological polar surface area (TPSA) is 75.9 Å². The van der Waals surface area contributed by atoms with Gasteiger partial charge in [0.1, 0.15) is 5.69 Å². The second kappa shape index (κ2) is 11.3. The van der Waals surface area contributed by atoms with Crippen molar-refractivity contribution in [2.75, 3.05) is 20.6 Å². The number of nitrogens with zero attached hydrogens (tertiary/aromatic N) is 5. The van der Waals surface area contributed by atoms with Crippen LogP contribution in [0.4, 0.5) is 13.2 Å². The second-order valence-corrected chi connectivity index (χ2v) is 9.81. The quantitative estimate of drug-likeness (QED) is 0.276. The number of carbonyl (C=O) groups is 1. The number of nitrogens with one attached hydrogen (secondary N) is 1.